The van der Waals surface area contributed by atoms with E-state index in [4.69, 9.17) is 4.74 Å². The summed E-state index contributed by atoms with van der Waals surface area (Å²) >= 11 is 0. The van der Waals surface area contributed by atoms with Crippen molar-refractivity contribution in [3.8, 4) is 0 Å². The molecule has 0 aromatic rings. The molecule has 0 amide bonds. The van der Waals surface area contributed by atoms with Gasteiger partial charge in [-0.1, -0.05) is 9.39 Å². The summed E-state index contributed by atoms with van der Waals surface area (Å²) in [5.41, 5.74) is -0.590. The fourth-order valence-electron chi connectivity index (χ4n) is 2.05. The summed E-state index contributed by atoms with van der Waals surface area (Å²) in [6.45, 7) is 1.84. The zero-order valence-electron chi connectivity index (χ0n) is 7.40. The minimum absolute atomic E-state index is 0.176. The quantitative estimate of drug-likeness (QED) is 0.436. The first-order valence-corrected chi connectivity index (χ1v) is 5.02. The Morgan fingerprint density at radius 2 is 2.15 bits per heavy atom. The molecular formula is C8H14NO3P. The number of cyclic esters (lactones) is 1. The van der Waals surface area contributed by atoms with Crippen LogP contribution in [0.4, 0.5) is 0 Å². The van der Waals surface area contributed by atoms with Crippen LogP contribution in [-0.4, -0.2) is 41.5 Å². The lowest BCUT2D eigenvalue weighted by Gasteiger charge is -2.36. The number of esters is 1. The SMILES string of the molecule is O=C1OCC(O)C12CCN(P)CC2. The van der Waals surface area contributed by atoms with Gasteiger partial charge < -0.3 is 9.84 Å². The third kappa shape index (κ3) is 1.37. The van der Waals surface area contributed by atoms with Crippen molar-refractivity contribution in [3.05, 3.63) is 0 Å². The number of carbonyl (C=O) groups excluding carboxylic acids is 1. The lowest BCUT2D eigenvalue weighted by Crippen LogP contribution is -2.45. The van der Waals surface area contributed by atoms with E-state index in [2.05, 4.69) is 14.1 Å². The minimum Gasteiger partial charge on any atom is -0.462 e. The van der Waals surface area contributed by atoms with Crippen molar-refractivity contribution in [3.63, 3.8) is 0 Å². The topological polar surface area (TPSA) is 49.8 Å². The molecule has 4 nitrogen and oxygen atoms in total. The Morgan fingerprint density at radius 3 is 2.62 bits per heavy atom. The van der Waals surface area contributed by atoms with E-state index >= 15 is 0 Å². The molecule has 2 aliphatic rings. The van der Waals surface area contributed by atoms with Gasteiger partial charge in [-0.25, -0.2) is 0 Å². The van der Waals surface area contributed by atoms with Crippen molar-refractivity contribution < 1.29 is 14.6 Å². The molecule has 1 spiro atoms. The van der Waals surface area contributed by atoms with E-state index < -0.39 is 11.5 Å². The second-order valence-corrected chi connectivity index (χ2v) is 4.54. The Morgan fingerprint density at radius 1 is 1.54 bits per heavy atom. The third-order valence-corrected chi connectivity index (χ3v) is 3.62. The number of ether oxygens (including phenoxy) is 1. The number of aliphatic hydroxyl groups excluding tert-OH is 1. The summed E-state index contributed by atoms with van der Waals surface area (Å²) in [6.07, 6.45) is 0.811. The van der Waals surface area contributed by atoms with Gasteiger partial charge in [0.25, 0.3) is 0 Å². The smallest absolute Gasteiger partial charge is 0.315 e. The van der Waals surface area contributed by atoms with Crippen LogP contribution >= 0.6 is 9.39 Å². The highest BCUT2D eigenvalue weighted by atomic mass is 31.0. The van der Waals surface area contributed by atoms with Gasteiger partial charge in [0.2, 0.25) is 0 Å². The molecule has 13 heavy (non-hydrogen) atoms. The summed E-state index contributed by atoms with van der Waals surface area (Å²) < 4.78 is 6.97. The van der Waals surface area contributed by atoms with Crippen molar-refractivity contribution in [2.45, 2.75) is 18.9 Å². The number of piperidine rings is 1. The average molecular weight is 203 g/mol. The lowest BCUT2D eigenvalue weighted by molar-refractivity contribution is -0.149. The monoisotopic (exact) mass is 203 g/mol. The van der Waals surface area contributed by atoms with Gasteiger partial charge in [-0.3, -0.25) is 9.46 Å². The maximum atomic E-state index is 11.5. The summed E-state index contributed by atoms with van der Waals surface area (Å²) in [5.74, 6) is -0.210. The summed E-state index contributed by atoms with van der Waals surface area (Å²) in [6, 6.07) is 0. The molecule has 1 N–H and O–H groups in total. The molecule has 74 valence electrons. The Bertz CT molecular complexity index is 225. The van der Waals surface area contributed by atoms with Crippen molar-refractivity contribution >= 4 is 15.4 Å². The molecule has 2 unspecified atom stereocenters. The first-order chi connectivity index (χ1) is 6.15. The zero-order chi connectivity index (χ0) is 9.47. The van der Waals surface area contributed by atoms with Crippen LogP contribution in [0, 0.1) is 5.41 Å². The van der Waals surface area contributed by atoms with Gasteiger partial charge in [0, 0.05) is 13.1 Å². The maximum absolute atomic E-state index is 11.5. The number of aliphatic hydroxyl groups is 1. The van der Waals surface area contributed by atoms with Crippen LogP contribution in [0.1, 0.15) is 12.8 Å². The highest BCUT2D eigenvalue weighted by Gasteiger charge is 2.52. The summed E-state index contributed by atoms with van der Waals surface area (Å²) in [4.78, 5) is 11.5. The first kappa shape index (κ1) is 9.38. The predicted octanol–water partition coefficient (Wildman–Crippen LogP) is -0.224. The fraction of sp³-hybridized carbons (Fsp3) is 0.875. The van der Waals surface area contributed by atoms with E-state index in [9.17, 15) is 9.90 Å². The number of hydrogen-bond acceptors (Lipinski definition) is 4. The Hall–Kier alpha value is -0.180. The van der Waals surface area contributed by atoms with Crippen LogP contribution in [0.25, 0.3) is 0 Å². The molecule has 0 radical (unpaired) electrons. The van der Waals surface area contributed by atoms with E-state index in [1.54, 1.807) is 0 Å². The van der Waals surface area contributed by atoms with Crippen LogP contribution in [0.2, 0.25) is 0 Å². The van der Waals surface area contributed by atoms with Gasteiger partial charge in [-0.05, 0) is 12.8 Å². The standard InChI is InChI=1S/C8H14NO3P/c10-6-5-12-7(11)8(6)1-3-9(13)4-2-8/h6,10H,1-5,13H2. The third-order valence-electron chi connectivity index (χ3n) is 3.11. The molecule has 2 atom stereocenters. The van der Waals surface area contributed by atoms with Gasteiger partial charge in [-0.15, -0.1) is 0 Å². The van der Waals surface area contributed by atoms with Crippen molar-refractivity contribution in [2.75, 3.05) is 19.7 Å². The largest absolute Gasteiger partial charge is 0.462 e. The fourth-order valence-corrected chi connectivity index (χ4v) is 2.31. The number of carbonyl (C=O) groups is 1. The van der Waals surface area contributed by atoms with Gasteiger partial charge in [-0.2, -0.15) is 0 Å². The van der Waals surface area contributed by atoms with Gasteiger partial charge in [0.1, 0.15) is 12.7 Å². The Labute approximate surface area is 79.5 Å². The van der Waals surface area contributed by atoms with Crippen molar-refractivity contribution in [1.82, 2.24) is 4.67 Å². The normalized spacial score (nSPS) is 33.7. The van der Waals surface area contributed by atoms with Crippen LogP contribution in [0.3, 0.4) is 0 Å². The molecule has 2 heterocycles. The van der Waals surface area contributed by atoms with Crippen molar-refractivity contribution in [2.24, 2.45) is 5.41 Å². The lowest BCUT2D eigenvalue weighted by atomic mass is 9.76. The highest BCUT2D eigenvalue weighted by molar-refractivity contribution is 7.13. The van der Waals surface area contributed by atoms with Gasteiger partial charge in [0.05, 0.1) is 5.41 Å². The Balaban J connectivity index is 2.15. The molecule has 0 aliphatic carbocycles. The van der Waals surface area contributed by atoms with Crippen molar-refractivity contribution in [1.29, 1.82) is 0 Å². The van der Waals surface area contributed by atoms with Gasteiger partial charge in [0.15, 0.2) is 0 Å². The molecular weight excluding hydrogens is 189 g/mol. The minimum atomic E-state index is -0.598. The molecule has 0 bridgehead atoms. The van der Waals surface area contributed by atoms with E-state index in [0.717, 1.165) is 13.1 Å². The molecule has 0 saturated carbocycles. The number of nitrogens with zero attached hydrogens (tertiary/aromatic N) is 1. The van der Waals surface area contributed by atoms with Crippen LogP contribution in [0.15, 0.2) is 0 Å². The van der Waals surface area contributed by atoms with Crippen LogP contribution in [0.5, 0.6) is 0 Å². The van der Waals surface area contributed by atoms with E-state index in [1.807, 2.05) is 0 Å². The molecule has 2 fully saturated rings. The summed E-state index contributed by atoms with van der Waals surface area (Å²) in [7, 11) is 2.62. The second kappa shape index (κ2) is 3.19. The van der Waals surface area contributed by atoms with Gasteiger partial charge >= 0.3 is 5.97 Å². The van der Waals surface area contributed by atoms with E-state index in [-0.39, 0.29) is 12.6 Å². The van der Waals surface area contributed by atoms with E-state index in [1.165, 1.54) is 0 Å². The molecule has 0 aromatic carbocycles. The number of rotatable bonds is 0. The molecule has 0 aromatic heterocycles. The Kier molecular flexibility index (Phi) is 2.30. The molecule has 2 aliphatic heterocycles. The average Bonchev–Trinajstić information content (AvgIpc) is 2.39. The molecule has 5 heteroatoms. The maximum Gasteiger partial charge on any atom is 0.315 e. The molecule has 2 rings (SSSR count). The zero-order valence-corrected chi connectivity index (χ0v) is 8.56. The predicted molar refractivity (Wildman–Crippen MR) is 49.9 cm³/mol. The first-order valence-electron chi connectivity index (χ1n) is 4.50. The highest BCUT2D eigenvalue weighted by Crippen LogP contribution is 2.40. The second-order valence-electron chi connectivity index (χ2n) is 3.81. The van der Waals surface area contributed by atoms with E-state index in [0.29, 0.717) is 12.8 Å². The number of hydrogen-bond donors (Lipinski definition) is 1. The van der Waals surface area contributed by atoms with Crippen LogP contribution < -0.4 is 0 Å². The van der Waals surface area contributed by atoms with Crippen LogP contribution in [-0.2, 0) is 9.53 Å². The summed E-state index contributed by atoms with van der Waals surface area (Å²) in [5, 5.41) is 9.69. The molecule has 2 saturated heterocycles.